The van der Waals surface area contributed by atoms with Crippen molar-refractivity contribution in [2.24, 2.45) is 0 Å². The number of rotatable bonds is 4. The minimum absolute atomic E-state index is 0.0600. The van der Waals surface area contributed by atoms with Crippen molar-refractivity contribution in [3.05, 3.63) is 44.5 Å². The van der Waals surface area contributed by atoms with Crippen LogP contribution in [0.5, 0.6) is 0 Å². The van der Waals surface area contributed by atoms with Crippen molar-refractivity contribution in [1.29, 1.82) is 5.26 Å². The van der Waals surface area contributed by atoms with Crippen LogP contribution in [0, 0.1) is 21.4 Å². The molecule has 1 heterocycles. The molecule has 0 aliphatic rings. The standard InChI is InChI=1S/C12H9BrN6O2/c1-15-12-16-6-10(19(20)21)11(18-12)17-9-3-2-7(5-14)4-8(9)13/h2-4,6H,1H3,(H2,15,16,17,18). The summed E-state index contributed by atoms with van der Waals surface area (Å²) in [6.07, 6.45) is 1.12. The fourth-order valence-electron chi connectivity index (χ4n) is 1.54. The van der Waals surface area contributed by atoms with Crippen LogP contribution in [0.1, 0.15) is 5.56 Å². The highest BCUT2D eigenvalue weighted by Crippen LogP contribution is 2.30. The molecule has 0 aliphatic heterocycles. The van der Waals surface area contributed by atoms with Gasteiger partial charge in [0.05, 0.1) is 22.2 Å². The molecule has 2 aromatic rings. The lowest BCUT2D eigenvalue weighted by atomic mass is 10.2. The van der Waals surface area contributed by atoms with Crippen LogP contribution < -0.4 is 10.6 Å². The van der Waals surface area contributed by atoms with Crippen molar-refractivity contribution in [3.8, 4) is 6.07 Å². The molecular weight excluding hydrogens is 340 g/mol. The highest BCUT2D eigenvalue weighted by atomic mass is 79.9. The molecular formula is C12H9BrN6O2. The largest absolute Gasteiger partial charge is 0.357 e. The van der Waals surface area contributed by atoms with Gasteiger partial charge in [0.1, 0.15) is 6.20 Å². The van der Waals surface area contributed by atoms with Crippen LogP contribution in [-0.4, -0.2) is 21.9 Å². The molecule has 0 radical (unpaired) electrons. The first-order valence-corrected chi connectivity index (χ1v) is 6.50. The molecule has 8 nitrogen and oxygen atoms in total. The summed E-state index contributed by atoms with van der Waals surface area (Å²) in [5.74, 6) is 0.317. The van der Waals surface area contributed by atoms with Gasteiger partial charge in [-0.3, -0.25) is 10.1 Å². The molecule has 1 aromatic carbocycles. The number of halogens is 1. The molecule has 0 saturated heterocycles. The van der Waals surface area contributed by atoms with E-state index in [0.717, 1.165) is 6.20 Å². The van der Waals surface area contributed by atoms with E-state index in [2.05, 4.69) is 36.5 Å². The molecule has 21 heavy (non-hydrogen) atoms. The summed E-state index contributed by atoms with van der Waals surface area (Å²) in [5, 5.41) is 25.4. The molecule has 0 atom stereocenters. The van der Waals surface area contributed by atoms with Crippen LogP contribution in [-0.2, 0) is 0 Å². The Morgan fingerprint density at radius 2 is 2.24 bits per heavy atom. The van der Waals surface area contributed by atoms with Gasteiger partial charge < -0.3 is 10.6 Å². The van der Waals surface area contributed by atoms with Gasteiger partial charge in [0.15, 0.2) is 0 Å². The normalized spacial score (nSPS) is 9.76. The predicted molar refractivity (Wildman–Crippen MR) is 80.4 cm³/mol. The number of hydrogen-bond donors (Lipinski definition) is 2. The molecule has 0 amide bonds. The van der Waals surface area contributed by atoms with Gasteiger partial charge in [-0.2, -0.15) is 10.2 Å². The maximum Gasteiger partial charge on any atom is 0.329 e. The second-order valence-electron chi connectivity index (χ2n) is 3.87. The lowest BCUT2D eigenvalue weighted by Crippen LogP contribution is -2.04. The van der Waals surface area contributed by atoms with Crippen LogP contribution in [0.2, 0.25) is 0 Å². The summed E-state index contributed by atoms with van der Waals surface area (Å²) in [6, 6.07) is 6.84. The smallest absolute Gasteiger partial charge is 0.329 e. The van der Waals surface area contributed by atoms with Gasteiger partial charge in [-0.15, -0.1) is 0 Å². The topological polar surface area (TPSA) is 117 Å². The van der Waals surface area contributed by atoms with E-state index in [1.54, 1.807) is 25.2 Å². The van der Waals surface area contributed by atoms with Crippen molar-refractivity contribution >= 4 is 39.1 Å². The lowest BCUT2D eigenvalue weighted by Gasteiger charge is -2.09. The number of nitro groups is 1. The number of nitriles is 1. The number of nitrogens with zero attached hydrogens (tertiary/aromatic N) is 4. The third-order valence-corrected chi connectivity index (χ3v) is 3.20. The zero-order valence-electron chi connectivity index (χ0n) is 10.8. The molecule has 9 heteroatoms. The number of benzene rings is 1. The van der Waals surface area contributed by atoms with E-state index in [0.29, 0.717) is 15.7 Å². The van der Waals surface area contributed by atoms with E-state index < -0.39 is 4.92 Å². The first kappa shape index (κ1) is 14.7. The van der Waals surface area contributed by atoms with Crippen LogP contribution in [0.15, 0.2) is 28.9 Å². The Labute approximate surface area is 128 Å². The minimum atomic E-state index is -0.570. The number of anilines is 3. The molecule has 2 rings (SSSR count). The Bertz CT molecular complexity index is 743. The first-order valence-electron chi connectivity index (χ1n) is 5.71. The molecule has 0 fully saturated rings. The van der Waals surface area contributed by atoms with Crippen molar-refractivity contribution in [3.63, 3.8) is 0 Å². The number of nitrogens with one attached hydrogen (secondary N) is 2. The van der Waals surface area contributed by atoms with Gasteiger partial charge in [-0.05, 0) is 34.1 Å². The second-order valence-corrected chi connectivity index (χ2v) is 4.72. The van der Waals surface area contributed by atoms with Crippen molar-refractivity contribution in [1.82, 2.24) is 9.97 Å². The van der Waals surface area contributed by atoms with Crippen molar-refractivity contribution < 1.29 is 4.92 Å². The highest BCUT2D eigenvalue weighted by molar-refractivity contribution is 9.10. The van der Waals surface area contributed by atoms with Gasteiger partial charge in [0.25, 0.3) is 0 Å². The molecule has 0 unspecified atom stereocenters. The Kier molecular flexibility index (Phi) is 4.30. The minimum Gasteiger partial charge on any atom is -0.357 e. The zero-order chi connectivity index (χ0) is 15.4. The zero-order valence-corrected chi connectivity index (χ0v) is 12.4. The maximum atomic E-state index is 11.0. The molecule has 0 bridgehead atoms. The van der Waals surface area contributed by atoms with Gasteiger partial charge >= 0.3 is 5.69 Å². The summed E-state index contributed by atoms with van der Waals surface area (Å²) in [7, 11) is 1.61. The molecule has 1 aromatic heterocycles. The monoisotopic (exact) mass is 348 g/mol. The molecule has 0 aliphatic carbocycles. The van der Waals surface area contributed by atoms with Crippen LogP contribution in [0.25, 0.3) is 0 Å². The van der Waals surface area contributed by atoms with E-state index in [4.69, 9.17) is 5.26 Å². The second kappa shape index (κ2) is 6.15. The number of hydrogen-bond acceptors (Lipinski definition) is 7. The van der Waals surface area contributed by atoms with Crippen LogP contribution in [0.4, 0.5) is 23.1 Å². The Morgan fingerprint density at radius 3 is 2.81 bits per heavy atom. The average Bonchev–Trinajstić information content (AvgIpc) is 2.48. The van der Waals surface area contributed by atoms with Gasteiger partial charge in [-0.25, -0.2) is 4.98 Å². The van der Waals surface area contributed by atoms with Gasteiger partial charge in [0, 0.05) is 11.5 Å². The highest BCUT2D eigenvalue weighted by Gasteiger charge is 2.18. The summed E-state index contributed by atoms with van der Waals surface area (Å²) in [4.78, 5) is 18.3. The fourth-order valence-corrected chi connectivity index (χ4v) is 2.01. The Balaban J connectivity index is 2.43. The van der Waals surface area contributed by atoms with Crippen LogP contribution in [0.3, 0.4) is 0 Å². The summed E-state index contributed by atoms with van der Waals surface area (Å²) < 4.78 is 0.598. The van der Waals surface area contributed by atoms with E-state index in [1.165, 1.54) is 0 Å². The fraction of sp³-hybridized carbons (Fsp3) is 0.0833. The lowest BCUT2D eigenvalue weighted by molar-refractivity contribution is -0.384. The molecule has 0 spiro atoms. The SMILES string of the molecule is CNc1ncc([N+](=O)[O-])c(Nc2ccc(C#N)cc2Br)n1. The Hall–Kier alpha value is -2.73. The van der Waals surface area contributed by atoms with Gasteiger partial charge in [-0.1, -0.05) is 0 Å². The first-order chi connectivity index (χ1) is 10.0. The Morgan fingerprint density at radius 1 is 1.48 bits per heavy atom. The molecule has 2 N–H and O–H groups in total. The van der Waals surface area contributed by atoms with E-state index in [1.807, 2.05) is 6.07 Å². The summed E-state index contributed by atoms with van der Waals surface area (Å²) >= 11 is 3.30. The average molecular weight is 349 g/mol. The van der Waals surface area contributed by atoms with E-state index >= 15 is 0 Å². The van der Waals surface area contributed by atoms with E-state index in [-0.39, 0.29) is 17.5 Å². The predicted octanol–water partition coefficient (Wildman–Crippen LogP) is 2.80. The third-order valence-electron chi connectivity index (χ3n) is 2.54. The van der Waals surface area contributed by atoms with Crippen molar-refractivity contribution in [2.75, 3.05) is 17.7 Å². The quantitative estimate of drug-likeness (QED) is 0.644. The maximum absolute atomic E-state index is 11.0. The van der Waals surface area contributed by atoms with Gasteiger partial charge in [0.2, 0.25) is 11.8 Å². The summed E-state index contributed by atoms with van der Waals surface area (Å²) in [6.45, 7) is 0. The molecule has 0 saturated carbocycles. The molecule has 106 valence electrons. The van der Waals surface area contributed by atoms with E-state index in [9.17, 15) is 10.1 Å². The van der Waals surface area contributed by atoms with Crippen molar-refractivity contribution in [2.45, 2.75) is 0 Å². The third kappa shape index (κ3) is 3.24. The number of aromatic nitrogens is 2. The summed E-state index contributed by atoms with van der Waals surface area (Å²) in [5.41, 5.74) is 0.781. The van der Waals surface area contributed by atoms with Crippen LogP contribution >= 0.6 is 15.9 Å².